The fraction of sp³-hybridized carbons (Fsp3) is 0.357. The minimum Gasteiger partial charge on any atom is -0.385 e. The molecular weight excluding hydrogens is 369 g/mol. The van der Waals surface area contributed by atoms with Gasteiger partial charge in [0.05, 0.1) is 0 Å². The summed E-state index contributed by atoms with van der Waals surface area (Å²) in [6.07, 6.45) is 6.31. The molecule has 1 saturated carbocycles. The van der Waals surface area contributed by atoms with Crippen molar-refractivity contribution >= 4 is 5.69 Å². The number of halogens is 1. The van der Waals surface area contributed by atoms with Crippen molar-refractivity contribution in [2.75, 3.05) is 11.9 Å². The van der Waals surface area contributed by atoms with Crippen molar-refractivity contribution in [3.63, 3.8) is 0 Å². The number of rotatable bonds is 6. The molecule has 0 aromatic heterocycles. The van der Waals surface area contributed by atoms with Crippen LogP contribution in [0.25, 0.3) is 22.3 Å². The summed E-state index contributed by atoms with van der Waals surface area (Å²) in [7, 11) is 0. The topological polar surface area (TPSA) is 12.0 Å². The minimum absolute atomic E-state index is 0.174. The molecule has 1 aliphatic carbocycles. The molecule has 1 nitrogen and oxygen atoms in total. The van der Waals surface area contributed by atoms with Crippen molar-refractivity contribution in [2.24, 2.45) is 5.92 Å². The van der Waals surface area contributed by atoms with E-state index in [0.29, 0.717) is 11.5 Å². The van der Waals surface area contributed by atoms with E-state index in [1.807, 2.05) is 36.4 Å². The molecule has 0 unspecified atom stereocenters. The third-order valence-electron chi connectivity index (χ3n) is 6.48. The first kappa shape index (κ1) is 20.7. The molecule has 0 saturated heterocycles. The fourth-order valence-electron chi connectivity index (χ4n) is 4.51. The van der Waals surface area contributed by atoms with Gasteiger partial charge in [-0.15, -0.1) is 0 Å². The van der Waals surface area contributed by atoms with Gasteiger partial charge in [0.2, 0.25) is 0 Å². The second kappa shape index (κ2) is 9.47. The van der Waals surface area contributed by atoms with Crippen LogP contribution in [0.2, 0.25) is 0 Å². The van der Waals surface area contributed by atoms with Crippen LogP contribution in [-0.4, -0.2) is 6.54 Å². The van der Waals surface area contributed by atoms with Gasteiger partial charge in [-0.25, -0.2) is 4.39 Å². The summed E-state index contributed by atoms with van der Waals surface area (Å²) in [5.74, 6) is 1.38. The van der Waals surface area contributed by atoms with Gasteiger partial charge < -0.3 is 5.32 Å². The summed E-state index contributed by atoms with van der Waals surface area (Å²) in [5, 5.41) is 3.35. The van der Waals surface area contributed by atoms with Crippen LogP contribution >= 0.6 is 0 Å². The van der Waals surface area contributed by atoms with Gasteiger partial charge in [0.25, 0.3) is 0 Å². The maximum absolute atomic E-state index is 14.9. The maximum Gasteiger partial charge on any atom is 0.131 e. The van der Waals surface area contributed by atoms with Gasteiger partial charge in [-0.3, -0.25) is 0 Å². The lowest BCUT2D eigenvalue weighted by Crippen LogP contribution is -2.10. The van der Waals surface area contributed by atoms with Crippen molar-refractivity contribution < 1.29 is 4.39 Å². The van der Waals surface area contributed by atoms with Crippen LogP contribution in [0.3, 0.4) is 0 Å². The summed E-state index contributed by atoms with van der Waals surface area (Å²) in [5.41, 5.74) is 6.06. The summed E-state index contributed by atoms with van der Waals surface area (Å²) < 4.78 is 14.9. The molecule has 1 fully saturated rings. The second-order valence-corrected chi connectivity index (χ2v) is 8.78. The van der Waals surface area contributed by atoms with Gasteiger partial charge in [-0.2, -0.15) is 0 Å². The van der Waals surface area contributed by atoms with Crippen LogP contribution in [-0.2, 0) is 0 Å². The van der Waals surface area contributed by atoms with Crippen molar-refractivity contribution in [3.8, 4) is 22.3 Å². The molecule has 0 spiro atoms. The molecule has 3 aromatic rings. The van der Waals surface area contributed by atoms with Crippen LogP contribution in [0.15, 0.2) is 66.7 Å². The highest BCUT2D eigenvalue weighted by Crippen LogP contribution is 2.36. The van der Waals surface area contributed by atoms with E-state index < -0.39 is 0 Å². The molecule has 1 aliphatic rings. The second-order valence-electron chi connectivity index (χ2n) is 8.78. The Kier molecular flexibility index (Phi) is 6.52. The number of hydrogen-bond donors (Lipinski definition) is 1. The monoisotopic (exact) mass is 401 g/mol. The lowest BCUT2D eigenvalue weighted by molar-refractivity contribution is 0.348. The molecule has 0 atom stereocenters. The van der Waals surface area contributed by atoms with Crippen LogP contribution in [0.1, 0.15) is 57.4 Å². The summed E-state index contributed by atoms with van der Waals surface area (Å²) in [4.78, 5) is 0. The molecule has 0 aliphatic heterocycles. The van der Waals surface area contributed by atoms with Gasteiger partial charge in [-0.05, 0) is 71.6 Å². The summed E-state index contributed by atoms with van der Waals surface area (Å²) >= 11 is 0. The average molecular weight is 402 g/mol. The largest absolute Gasteiger partial charge is 0.385 e. The fourth-order valence-corrected chi connectivity index (χ4v) is 4.51. The van der Waals surface area contributed by atoms with Crippen molar-refractivity contribution in [1.82, 2.24) is 0 Å². The normalized spacial score (nSPS) is 18.9. The first-order valence-electron chi connectivity index (χ1n) is 11.4. The Morgan fingerprint density at radius 2 is 1.43 bits per heavy atom. The van der Waals surface area contributed by atoms with E-state index in [4.69, 9.17) is 0 Å². The molecular formula is C28H32FN. The van der Waals surface area contributed by atoms with Crippen molar-refractivity contribution in [2.45, 2.75) is 51.9 Å². The van der Waals surface area contributed by atoms with Crippen LogP contribution in [0, 0.1) is 11.7 Å². The highest BCUT2D eigenvalue weighted by molar-refractivity contribution is 5.72. The zero-order chi connectivity index (χ0) is 20.9. The smallest absolute Gasteiger partial charge is 0.131 e. The highest BCUT2D eigenvalue weighted by atomic mass is 19.1. The van der Waals surface area contributed by atoms with E-state index in [1.54, 1.807) is 6.07 Å². The Labute approximate surface area is 180 Å². The first-order valence-corrected chi connectivity index (χ1v) is 11.4. The molecule has 0 radical (unpaired) electrons. The minimum atomic E-state index is -0.174. The van der Waals surface area contributed by atoms with Crippen LogP contribution < -0.4 is 5.32 Å². The molecule has 0 heterocycles. The Balaban J connectivity index is 1.49. The molecule has 4 rings (SSSR count). The van der Waals surface area contributed by atoms with E-state index >= 15 is 0 Å². The number of hydrogen-bond acceptors (Lipinski definition) is 1. The Morgan fingerprint density at radius 3 is 2.07 bits per heavy atom. The molecule has 156 valence electrons. The number of nitrogens with one attached hydrogen (secondary N) is 1. The van der Waals surface area contributed by atoms with Gasteiger partial charge in [-0.1, -0.05) is 75.2 Å². The predicted octanol–water partition coefficient (Wildman–Crippen LogP) is 8.28. The molecule has 3 aromatic carbocycles. The van der Waals surface area contributed by atoms with E-state index in [2.05, 4.69) is 43.4 Å². The lowest BCUT2D eigenvalue weighted by Gasteiger charge is -2.26. The summed E-state index contributed by atoms with van der Waals surface area (Å²) in [6.45, 7) is 5.44. The standard InChI is InChI=1S/C28H32FN/c1-3-18-30-26-15-12-24(13-16-26)27-17-14-25(19-28(27)29)23-10-8-22(9-11-23)21-6-4-20(2)5-7-21/h8-17,19-21,30H,3-7,18H2,1-2H3. The summed E-state index contributed by atoms with van der Waals surface area (Å²) in [6, 6.07) is 22.4. The Hall–Kier alpha value is -2.61. The zero-order valence-electron chi connectivity index (χ0n) is 18.1. The van der Waals surface area contributed by atoms with Gasteiger partial charge >= 0.3 is 0 Å². The van der Waals surface area contributed by atoms with Gasteiger partial charge in [0.1, 0.15) is 5.82 Å². The third-order valence-corrected chi connectivity index (χ3v) is 6.48. The Morgan fingerprint density at radius 1 is 0.800 bits per heavy atom. The van der Waals surface area contributed by atoms with Gasteiger partial charge in [0.15, 0.2) is 0 Å². The third kappa shape index (κ3) is 4.75. The molecule has 30 heavy (non-hydrogen) atoms. The van der Waals surface area contributed by atoms with Crippen LogP contribution in [0.5, 0.6) is 0 Å². The van der Waals surface area contributed by atoms with Crippen LogP contribution in [0.4, 0.5) is 10.1 Å². The Bertz CT molecular complexity index is 951. The van der Waals surface area contributed by atoms with E-state index in [-0.39, 0.29) is 5.82 Å². The quantitative estimate of drug-likeness (QED) is 0.438. The average Bonchev–Trinajstić information content (AvgIpc) is 2.79. The van der Waals surface area contributed by atoms with Gasteiger partial charge in [0, 0.05) is 17.8 Å². The van der Waals surface area contributed by atoms with Crippen molar-refractivity contribution in [3.05, 3.63) is 78.1 Å². The van der Waals surface area contributed by atoms with Crippen molar-refractivity contribution in [1.29, 1.82) is 0 Å². The lowest BCUT2D eigenvalue weighted by atomic mass is 9.79. The SMILES string of the molecule is CCCNc1ccc(-c2ccc(-c3ccc(C4CCC(C)CC4)cc3)cc2F)cc1. The molecule has 0 bridgehead atoms. The molecule has 2 heteroatoms. The first-order chi connectivity index (χ1) is 14.6. The maximum atomic E-state index is 14.9. The van der Waals surface area contributed by atoms with E-state index in [0.717, 1.165) is 41.3 Å². The van der Waals surface area contributed by atoms with E-state index in [1.165, 1.54) is 31.2 Å². The molecule has 1 N–H and O–H groups in total. The number of benzene rings is 3. The zero-order valence-corrected chi connectivity index (χ0v) is 18.1. The molecule has 0 amide bonds. The van der Waals surface area contributed by atoms with E-state index in [9.17, 15) is 4.39 Å². The predicted molar refractivity (Wildman–Crippen MR) is 126 cm³/mol. The highest BCUT2D eigenvalue weighted by Gasteiger charge is 2.19. The number of anilines is 1.